The zero-order valence-corrected chi connectivity index (χ0v) is 8.47. The molecule has 0 unspecified atom stereocenters. The van der Waals surface area contributed by atoms with Crippen LogP contribution < -0.4 is 0 Å². The van der Waals surface area contributed by atoms with Crippen LogP contribution in [0.25, 0.3) is 11.3 Å². The maximum atomic E-state index is 13.5. The molecule has 0 radical (unpaired) electrons. The van der Waals surface area contributed by atoms with Crippen LogP contribution >= 0.6 is 0 Å². The molecular weight excluding hydrogens is 215 g/mol. The highest BCUT2D eigenvalue weighted by Crippen LogP contribution is 2.27. The quantitative estimate of drug-likeness (QED) is 0.674. The molecule has 0 atom stereocenters. The summed E-state index contributed by atoms with van der Waals surface area (Å²) < 4.78 is 39.9. The van der Waals surface area contributed by atoms with E-state index in [0.717, 1.165) is 12.1 Å². The normalized spacial score (nSPS) is 10.5. The van der Waals surface area contributed by atoms with Crippen molar-refractivity contribution in [2.75, 3.05) is 0 Å². The van der Waals surface area contributed by atoms with E-state index in [9.17, 15) is 13.2 Å². The minimum Gasteiger partial charge on any atom is -0.256 e. The summed E-state index contributed by atoms with van der Waals surface area (Å²) in [5.74, 6) is -3.11. The van der Waals surface area contributed by atoms with Gasteiger partial charge >= 0.3 is 0 Å². The summed E-state index contributed by atoms with van der Waals surface area (Å²) in [7, 11) is 0. The molecule has 2 aromatic rings. The molecule has 0 spiro atoms. The van der Waals surface area contributed by atoms with E-state index in [1.807, 2.05) is 0 Å². The molecule has 1 aromatic carbocycles. The van der Waals surface area contributed by atoms with Crippen molar-refractivity contribution in [1.82, 2.24) is 4.98 Å². The number of benzene rings is 1. The Kier molecular flexibility index (Phi) is 2.64. The zero-order chi connectivity index (χ0) is 11.7. The standard InChI is InChI=1S/C12H8F3N/c1-7-3-2-6-16-12(7)10-8(13)4-5-9(14)11(10)15/h2-6H,1H3. The minimum absolute atomic E-state index is 0.122. The molecule has 82 valence electrons. The molecule has 0 fully saturated rings. The molecular formula is C12H8F3N. The van der Waals surface area contributed by atoms with Crippen LogP contribution in [-0.2, 0) is 0 Å². The van der Waals surface area contributed by atoms with Gasteiger partial charge in [-0.2, -0.15) is 0 Å². The molecule has 0 aliphatic carbocycles. The average molecular weight is 223 g/mol. The van der Waals surface area contributed by atoms with Crippen LogP contribution in [0.3, 0.4) is 0 Å². The Hall–Kier alpha value is -1.84. The smallest absolute Gasteiger partial charge is 0.171 e. The molecule has 0 saturated heterocycles. The summed E-state index contributed by atoms with van der Waals surface area (Å²) in [6.45, 7) is 1.66. The van der Waals surface area contributed by atoms with Crippen molar-refractivity contribution < 1.29 is 13.2 Å². The maximum Gasteiger partial charge on any atom is 0.171 e. The Morgan fingerprint density at radius 1 is 1.00 bits per heavy atom. The van der Waals surface area contributed by atoms with E-state index in [2.05, 4.69) is 4.98 Å². The van der Waals surface area contributed by atoms with Gasteiger partial charge in [0, 0.05) is 6.20 Å². The molecule has 1 heterocycles. The first kappa shape index (κ1) is 10.7. The van der Waals surface area contributed by atoms with Crippen molar-refractivity contribution in [2.45, 2.75) is 6.92 Å². The molecule has 0 aliphatic heterocycles. The van der Waals surface area contributed by atoms with E-state index < -0.39 is 23.0 Å². The third-order valence-electron chi connectivity index (χ3n) is 2.29. The van der Waals surface area contributed by atoms with Crippen LogP contribution in [0, 0.1) is 24.4 Å². The van der Waals surface area contributed by atoms with E-state index in [4.69, 9.17) is 0 Å². The monoisotopic (exact) mass is 223 g/mol. The van der Waals surface area contributed by atoms with Gasteiger partial charge in [0.05, 0.1) is 11.3 Å². The van der Waals surface area contributed by atoms with E-state index in [0.29, 0.717) is 5.56 Å². The lowest BCUT2D eigenvalue weighted by molar-refractivity contribution is 0.498. The maximum absolute atomic E-state index is 13.5. The number of hydrogen-bond donors (Lipinski definition) is 0. The number of aromatic nitrogens is 1. The van der Waals surface area contributed by atoms with Gasteiger partial charge in [-0.25, -0.2) is 13.2 Å². The Labute approximate surface area is 90.6 Å². The fraction of sp³-hybridized carbons (Fsp3) is 0.0833. The predicted octanol–water partition coefficient (Wildman–Crippen LogP) is 3.47. The molecule has 2 rings (SSSR count). The molecule has 0 aliphatic rings. The number of rotatable bonds is 1. The summed E-state index contributed by atoms with van der Waals surface area (Å²) in [6.07, 6.45) is 1.41. The van der Waals surface area contributed by atoms with E-state index in [1.54, 1.807) is 19.1 Å². The molecule has 16 heavy (non-hydrogen) atoms. The lowest BCUT2D eigenvalue weighted by Crippen LogP contribution is -1.97. The highest BCUT2D eigenvalue weighted by atomic mass is 19.2. The fourth-order valence-corrected chi connectivity index (χ4v) is 1.49. The molecule has 0 saturated carbocycles. The van der Waals surface area contributed by atoms with E-state index in [-0.39, 0.29) is 5.69 Å². The third kappa shape index (κ3) is 1.66. The predicted molar refractivity (Wildman–Crippen MR) is 54.3 cm³/mol. The van der Waals surface area contributed by atoms with Crippen LogP contribution in [0.5, 0.6) is 0 Å². The van der Waals surface area contributed by atoms with Gasteiger partial charge in [-0.1, -0.05) is 6.07 Å². The Morgan fingerprint density at radius 2 is 1.69 bits per heavy atom. The van der Waals surface area contributed by atoms with Crippen LogP contribution in [0.1, 0.15) is 5.56 Å². The van der Waals surface area contributed by atoms with Gasteiger partial charge in [-0.3, -0.25) is 4.98 Å². The molecule has 1 aromatic heterocycles. The first-order valence-corrected chi connectivity index (χ1v) is 4.66. The van der Waals surface area contributed by atoms with Crippen molar-refractivity contribution >= 4 is 0 Å². The molecule has 0 bridgehead atoms. The van der Waals surface area contributed by atoms with Crippen LogP contribution in [-0.4, -0.2) is 4.98 Å². The first-order chi connectivity index (χ1) is 7.61. The average Bonchev–Trinajstić information content (AvgIpc) is 2.27. The molecule has 1 nitrogen and oxygen atoms in total. The van der Waals surface area contributed by atoms with Crippen molar-refractivity contribution in [3.05, 3.63) is 53.5 Å². The SMILES string of the molecule is Cc1cccnc1-c1c(F)ccc(F)c1F. The zero-order valence-electron chi connectivity index (χ0n) is 8.47. The Balaban J connectivity index is 2.74. The Morgan fingerprint density at radius 3 is 2.38 bits per heavy atom. The van der Waals surface area contributed by atoms with E-state index in [1.165, 1.54) is 6.20 Å². The second kappa shape index (κ2) is 3.96. The van der Waals surface area contributed by atoms with Crippen molar-refractivity contribution in [2.24, 2.45) is 0 Å². The second-order valence-electron chi connectivity index (χ2n) is 3.39. The highest BCUT2D eigenvalue weighted by Gasteiger charge is 2.17. The van der Waals surface area contributed by atoms with Crippen LogP contribution in [0.2, 0.25) is 0 Å². The van der Waals surface area contributed by atoms with Crippen molar-refractivity contribution in [3.63, 3.8) is 0 Å². The van der Waals surface area contributed by atoms with Gasteiger partial charge in [0.15, 0.2) is 11.6 Å². The van der Waals surface area contributed by atoms with Crippen molar-refractivity contribution in [1.29, 1.82) is 0 Å². The molecule has 4 heteroatoms. The first-order valence-electron chi connectivity index (χ1n) is 4.66. The van der Waals surface area contributed by atoms with Gasteiger partial charge in [0.2, 0.25) is 0 Å². The fourth-order valence-electron chi connectivity index (χ4n) is 1.49. The van der Waals surface area contributed by atoms with Gasteiger partial charge < -0.3 is 0 Å². The van der Waals surface area contributed by atoms with E-state index >= 15 is 0 Å². The number of nitrogens with zero attached hydrogens (tertiary/aromatic N) is 1. The third-order valence-corrected chi connectivity index (χ3v) is 2.29. The highest BCUT2D eigenvalue weighted by molar-refractivity contribution is 5.64. The van der Waals surface area contributed by atoms with Gasteiger partial charge in [-0.05, 0) is 30.7 Å². The summed E-state index contributed by atoms with van der Waals surface area (Å²) in [5.41, 5.74) is 0.293. The van der Waals surface area contributed by atoms with Gasteiger partial charge in [0.25, 0.3) is 0 Å². The second-order valence-corrected chi connectivity index (χ2v) is 3.39. The molecule has 0 amide bonds. The summed E-state index contributed by atoms with van der Waals surface area (Å²) in [6, 6.07) is 4.95. The summed E-state index contributed by atoms with van der Waals surface area (Å²) in [4.78, 5) is 3.86. The lowest BCUT2D eigenvalue weighted by Gasteiger charge is -2.07. The Bertz CT molecular complexity index is 538. The largest absolute Gasteiger partial charge is 0.256 e. The summed E-state index contributed by atoms with van der Waals surface area (Å²) >= 11 is 0. The van der Waals surface area contributed by atoms with Crippen LogP contribution in [0.4, 0.5) is 13.2 Å². The number of halogens is 3. The minimum atomic E-state index is -1.21. The topological polar surface area (TPSA) is 12.9 Å². The number of hydrogen-bond acceptors (Lipinski definition) is 1. The summed E-state index contributed by atoms with van der Waals surface area (Å²) in [5, 5.41) is 0. The number of aryl methyl sites for hydroxylation is 1. The van der Waals surface area contributed by atoms with Gasteiger partial charge in [0.1, 0.15) is 5.82 Å². The van der Waals surface area contributed by atoms with Crippen molar-refractivity contribution in [3.8, 4) is 11.3 Å². The van der Waals surface area contributed by atoms with Gasteiger partial charge in [-0.15, -0.1) is 0 Å². The number of pyridine rings is 1. The van der Waals surface area contributed by atoms with Crippen LogP contribution in [0.15, 0.2) is 30.5 Å². The lowest BCUT2D eigenvalue weighted by atomic mass is 10.1. The molecule has 0 N–H and O–H groups in total.